The van der Waals surface area contributed by atoms with E-state index in [1.807, 2.05) is 18.2 Å². The highest BCUT2D eigenvalue weighted by Gasteiger charge is 2.62. The summed E-state index contributed by atoms with van der Waals surface area (Å²) in [4.78, 5) is 23.4. The molecule has 1 unspecified atom stereocenters. The Kier molecular flexibility index (Phi) is 8.98. The summed E-state index contributed by atoms with van der Waals surface area (Å²) in [5, 5.41) is 10.2. The molecule has 13 heteroatoms. The molecule has 5 rings (SSSR count). The molecule has 4 aromatic rings. The Morgan fingerprint density at radius 3 is 2.45 bits per heavy atom. The first-order valence-electron chi connectivity index (χ1n) is 13.1. The van der Waals surface area contributed by atoms with Gasteiger partial charge >= 0.3 is 6.18 Å². The van der Waals surface area contributed by atoms with Gasteiger partial charge in [-0.25, -0.2) is 4.39 Å². The number of halogens is 6. The molecule has 4 aromatic carbocycles. The van der Waals surface area contributed by atoms with E-state index in [9.17, 15) is 22.4 Å². The summed E-state index contributed by atoms with van der Waals surface area (Å²) in [5.74, 6) is -0.816. The smallest absolute Gasteiger partial charge is 0.435 e. The zero-order valence-electron chi connectivity index (χ0n) is 22.9. The highest BCUT2D eigenvalue weighted by molar-refractivity contribution is 6.35. The summed E-state index contributed by atoms with van der Waals surface area (Å²) in [6.45, 7) is 0.225. The van der Waals surface area contributed by atoms with E-state index >= 15 is 0 Å². The third kappa shape index (κ3) is 6.02. The third-order valence-electron chi connectivity index (χ3n) is 7.03. The average molecular weight is 648 g/mol. The fourth-order valence-corrected chi connectivity index (χ4v) is 5.33. The number of amides is 1. The van der Waals surface area contributed by atoms with Gasteiger partial charge in [0.05, 0.1) is 35.6 Å². The summed E-state index contributed by atoms with van der Waals surface area (Å²) in [6, 6.07) is 18.7. The number of carbonyl (C=O) groups is 1. The standard InChI is InChI=1S/C31H23Cl2F4N3O4/c1-42-27-9-5-2-6-18(27)17-43-39-13-12-38-29(41)23-11-10-22(20-7-3-4-8-21(20)23)26-16-30(44-40-26,31(35,36)37)19-14-24(32)28(34)25(33)15-19/h2-11,13-15H,12,16-17H2,1H3,(H,38,41). The van der Waals surface area contributed by atoms with Crippen LogP contribution in [0.3, 0.4) is 0 Å². The molecule has 1 heterocycles. The van der Waals surface area contributed by atoms with E-state index in [-0.39, 0.29) is 24.4 Å². The number of benzene rings is 4. The van der Waals surface area contributed by atoms with Crippen LogP contribution < -0.4 is 10.1 Å². The van der Waals surface area contributed by atoms with E-state index in [2.05, 4.69) is 15.6 Å². The Morgan fingerprint density at radius 2 is 1.75 bits per heavy atom. The molecule has 1 N–H and O–H groups in total. The maximum Gasteiger partial charge on any atom is 0.435 e. The molecule has 0 saturated carbocycles. The van der Waals surface area contributed by atoms with Gasteiger partial charge in [-0.15, -0.1) is 0 Å². The van der Waals surface area contributed by atoms with E-state index < -0.39 is 45.5 Å². The van der Waals surface area contributed by atoms with Gasteiger partial charge in [-0.1, -0.05) is 82.0 Å². The van der Waals surface area contributed by atoms with Crippen molar-refractivity contribution in [3.05, 3.63) is 111 Å². The van der Waals surface area contributed by atoms with Crippen molar-refractivity contribution in [2.45, 2.75) is 24.8 Å². The molecule has 1 amide bonds. The second kappa shape index (κ2) is 12.7. The minimum absolute atomic E-state index is 0.0265. The number of para-hydroxylation sites is 1. The summed E-state index contributed by atoms with van der Waals surface area (Å²) >= 11 is 11.6. The maximum absolute atomic E-state index is 14.5. The highest BCUT2D eigenvalue weighted by atomic mass is 35.5. The Bertz CT molecular complexity index is 1760. The topological polar surface area (TPSA) is 81.5 Å². The van der Waals surface area contributed by atoms with Gasteiger partial charge in [-0.3, -0.25) is 4.79 Å². The predicted octanol–water partition coefficient (Wildman–Crippen LogP) is 7.81. The molecule has 0 spiro atoms. The first kappa shape index (κ1) is 31.1. The van der Waals surface area contributed by atoms with E-state index in [1.165, 1.54) is 18.3 Å². The molecule has 228 valence electrons. The molecule has 0 bridgehead atoms. The van der Waals surface area contributed by atoms with Crippen molar-refractivity contribution >= 4 is 51.8 Å². The van der Waals surface area contributed by atoms with Crippen LogP contribution in [0.4, 0.5) is 17.6 Å². The molecular formula is C31H23Cl2F4N3O4. The van der Waals surface area contributed by atoms with Crippen LogP contribution in [0.2, 0.25) is 10.0 Å². The molecule has 1 atom stereocenters. The first-order chi connectivity index (χ1) is 21.1. The van der Waals surface area contributed by atoms with Crippen LogP contribution in [0.1, 0.15) is 33.5 Å². The fourth-order valence-electron chi connectivity index (χ4n) is 4.84. The number of alkyl halides is 3. The van der Waals surface area contributed by atoms with Gasteiger partial charge in [0.2, 0.25) is 0 Å². The Labute approximate surface area is 259 Å². The number of carbonyl (C=O) groups excluding carboxylic acids is 1. The van der Waals surface area contributed by atoms with Crippen LogP contribution in [0.5, 0.6) is 5.75 Å². The van der Waals surface area contributed by atoms with Crippen LogP contribution >= 0.6 is 23.2 Å². The number of methoxy groups -OCH3 is 1. The molecule has 1 aliphatic heterocycles. The number of hydrogen-bond donors (Lipinski definition) is 1. The van der Waals surface area contributed by atoms with Crippen LogP contribution in [-0.4, -0.2) is 37.7 Å². The lowest BCUT2D eigenvalue weighted by Gasteiger charge is -2.29. The molecular weight excluding hydrogens is 625 g/mol. The van der Waals surface area contributed by atoms with Crippen LogP contribution in [0.15, 0.2) is 83.1 Å². The molecule has 0 aliphatic carbocycles. The normalized spacial score (nSPS) is 16.6. The third-order valence-corrected chi connectivity index (χ3v) is 7.58. The number of rotatable bonds is 9. The number of hydrogen-bond acceptors (Lipinski definition) is 6. The van der Waals surface area contributed by atoms with Crippen molar-refractivity contribution in [3.8, 4) is 5.75 Å². The first-order valence-corrected chi connectivity index (χ1v) is 13.8. The number of nitrogens with one attached hydrogen (secondary N) is 1. The van der Waals surface area contributed by atoms with Gasteiger partial charge in [0.1, 0.15) is 12.4 Å². The van der Waals surface area contributed by atoms with Crippen LogP contribution in [0.25, 0.3) is 10.8 Å². The van der Waals surface area contributed by atoms with Gasteiger partial charge in [0, 0.05) is 28.7 Å². The monoisotopic (exact) mass is 647 g/mol. The Hall–Kier alpha value is -4.35. The summed E-state index contributed by atoms with van der Waals surface area (Å²) in [5.41, 5.74) is -2.05. The van der Waals surface area contributed by atoms with E-state index in [0.717, 1.165) is 17.7 Å². The number of nitrogens with zero attached hydrogens (tertiary/aromatic N) is 2. The van der Waals surface area contributed by atoms with Gasteiger partial charge in [0.25, 0.3) is 11.5 Å². The van der Waals surface area contributed by atoms with Crippen molar-refractivity contribution in [2.24, 2.45) is 10.3 Å². The van der Waals surface area contributed by atoms with Crippen molar-refractivity contribution in [1.82, 2.24) is 5.32 Å². The summed E-state index contributed by atoms with van der Waals surface area (Å²) in [7, 11) is 1.55. The van der Waals surface area contributed by atoms with Gasteiger partial charge in [0.15, 0.2) is 5.82 Å². The van der Waals surface area contributed by atoms with E-state index in [0.29, 0.717) is 22.1 Å². The Morgan fingerprint density at radius 1 is 1.07 bits per heavy atom. The van der Waals surface area contributed by atoms with Gasteiger partial charge < -0.3 is 19.7 Å². The molecule has 0 aromatic heterocycles. The lowest BCUT2D eigenvalue weighted by atomic mass is 9.85. The molecule has 1 aliphatic rings. The lowest BCUT2D eigenvalue weighted by molar-refractivity contribution is -0.275. The molecule has 0 saturated heterocycles. The van der Waals surface area contributed by atoms with Crippen molar-refractivity contribution in [1.29, 1.82) is 0 Å². The summed E-state index contributed by atoms with van der Waals surface area (Å²) < 4.78 is 62.8. The fraction of sp³-hybridized carbons (Fsp3) is 0.194. The molecule has 7 nitrogen and oxygen atoms in total. The molecule has 0 radical (unpaired) electrons. The largest absolute Gasteiger partial charge is 0.496 e. The Balaban J connectivity index is 1.33. The van der Waals surface area contributed by atoms with Crippen molar-refractivity contribution in [3.63, 3.8) is 0 Å². The SMILES string of the molecule is COc1ccccc1CON=CCNC(=O)c1ccc(C2=NOC(c3cc(Cl)c(F)c(Cl)c3)(C(F)(F)F)C2)c2ccccc12. The predicted molar refractivity (Wildman–Crippen MR) is 159 cm³/mol. The molecule has 44 heavy (non-hydrogen) atoms. The quantitative estimate of drug-likeness (QED) is 0.0869. The number of ether oxygens (including phenoxy) is 1. The van der Waals surface area contributed by atoms with Crippen molar-refractivity contribution < 1.29 is 36.8 Å². The zero-order valence-corrected chi connectivity index (χ0v) is 24.4. The van der Waals surface area contributed by atoms with E-state index in [4.69, 9.17) is 37.6 Å². The van der Waals surface area contributed by atoms with E-state index in [1.54, 1.807) is 37.4 Å². The average Bonchev–Trinajstić information content (AvgIpc) is 3.48. The molecule has 0 fully saturated rings. The maximum atomic E-state index is 14.5. The van der Waals surface area contributed by atoms with Crippen molar-refractivity contribution in [2.75, 3.05) is 13.7 Å². The number of fused-ring (bicyclic) bond motifs is 1. The minimum atomic E-state index is -4.96. The second-order valence-corrected chi connectivity index (χ2v) is 10.5. The second-order valence-electron chi connectivity index (χ2n) is 9.67. The van der Waals surface area contributed by atoms with Crippen LogP contribution in [-0.2, 0) is 21.9 Å². The van der Waals surface area contributed by atoms with Crippen LogP contribution in [0, 0.1) is 5.82 Å². The number of oxime groups is 2. The van der Waals surface area contributed by atoms with Gasteiger partial charge in [-0.05, 0) is 35.0 Å². The summed E-state index contributed by atoms with van der Waals surface area (Å²) in [6.07, 6.45) is -4.31. The van der Waals surface area contributed by atoms with Gasteiger partial charge in [-0.2, -0.15) is 13.2 Å². The lowest BCUT2D eigenvalue weighted by Crippen LogP contribution is -2.42. The zero-order chi connectivity index (χ0) is 31.5. The highest BCUT2D eigenvalue weighted by Crippen LogP contribution is 2.50. The minimum Gasteiger partial charge on any atom is -0.496 e.